The van der Waals surface area contributed by atoms with Crippen LogP contribution in [0.3, 0.4) is 0 Å². The molecule has 2 heterocycles. The second-order valence-electron chi connectivity index (χ2n) is 4.56. The van der Waals surface area contributed by atoms with Gasteiger partial charge in [0.15, 0.2) is 5.82 Å². The standard InChI is InChI=1S/C10H16N4O/c1-6-12-13-10(14(6)7-2-3-7)9-4-8(15)5-11-9/h7-9,11,15H,2-5H2,1H3/t8-,9-/m1/s1. The molecule has 1 saturated heterocycles. The van der Waals surface area contributed by atoms with Gasteiger partial charge in [-0.1, -0.05) is 0 Å². The molecular formula is C10H16N4O. The Labute approximate surface area is 88.5 Å². The number of hydrogen-bond acceptors (Lipinski definition) is 4. The van der Waals surface area contributed by atoms with Crippen molar-refractivity contribution in [3.63, 3.8) is 0 Å². The second kappa shape index (κ2) is 3.28. The molecule has 5 heteroatoms. The van der Waals surface area contributed by atoms with Gasteiger partial charge in [0, 0.05) is 12.6 Å². The highest BCUT2D eigenvalue weighted by Gasteiger charge is 2.33. The van der Waals surface area contributed by atoms with E-state index in [1.165, 1.54) is 12.8 Å². The third-order valence-corrected chi connectivity index (χ3v) is 3.22. The van der Waals surface area contributed by atoms with Gasteiger partial charge in [-0.3, -0.25) is 0 Å². The van der Waals surface area contributed by atoms with Crippen LogP contribution in [-0.4, -0.2) is 32.5 Å². The van der Waals surface area contributed by atoms with Crippen LogP contribution in [-0.2, 0) is 0 Å². The van der Waals surface area contributed by atoms with Crippen LogP contribution in [0.5, 0.6) is 0 Å². The quantitative estimate of drug-likeness (QED) is 0.734. The summed E-state index contributed by atoms with van der Waals surface area (Å²) in [5, 5.41) is 21.2. The summed E-state index contributed by atoms with van der Waals surface area (Å²) >= 11 is 0. The van der Waals surface area contributed by atoms with Gasteiger partial charge in [0.2, 0.25) is 0 Å². The molecule has 1 aromatic heterocycles. The average molecular weight is 208 g/mol. The number of nitrogens with one attached hydrogen (secondary N) is 1. The number of β-amino-alcohol motifs (C(OH)–C–C–N with tert-alkyl or cyclic N) is 1. The van der Waals surface area contributed by atoms with Crippen LogP contribution in [0, 0.1) is 6.92 Å². The topological polar surface area (TPSA) is 63.0 Å². The summed E-state index contributed by atoms with van der Waals surface area (Å²) in [7, 11) is 0. The maximum Gasteiger partial charge on any atom is 0.150 e. The Hall–Kier alpha value is -0.940. The lowest BCUT2D eigenvalue weighted by molar-refractivity contribution is 0.192. The van der Waals surface area contributed by atoms with Gasteiger partial charge < -0.3 is 15.0 Å². The maximum atomic E-state index is 9.49. The third kappa shape index (κ3) is 1.55. The summed E-state index contributed by atoms with van der Waals surface area (Å²) in [5.74, 6) is 2.00. The van der Waals surface area contributed by atoms with E-state index in [0.29, 0.717) is 12.6 Å². The van der Waals surface area contributed by atoms with Crippen LogP contribution < -0.4 is 5.32 Å². The number of aromatic nitrogens is 3. The fourth-order valence-corrected chi connectivity index (χ4v) is 2.32. The van der Waals surface area contributed by atoms with Crippen molar-refractivity contribution in [1.29, 1.82) is 0 Å². The monoisotopic (exact) mass is 208 g/mol. The average Bonchev–Trinajstić information content (AvgIpc) is 2.84. The van der Waals surface area contributed by atoms with Crippen LogP contribution in [0.15, 0.2) is 0 Å². The molecule has 0 unspecified atom stereocenters. The number of nitrogens with zero attached hydrogens (tertiary/aromatic N) is 3. The van der Waals surface area contributed by atoms with Gasteiger partial charge in [-0.25, -0.2) is 0 Å². The predicted molar refractivity (Wildman–Crippen MR) is 54.4 cm³/mol. The van der Waals surface area contributed by atoms with Gasteiger partial charge in [0.05, 0.1) is 12.1 Å². The van der Waals surface area contributed by atoms with E-state index in [1.54, 1.807) is 0 Å². The third-order valence-electron chi connectivity index (χ3n) is 3.22. The first-order valence-corrected chi connectivity index (χ1v) is 5.58. The number of aryl methyl sites for hydroxylation is 1. The van der Waals surface area contributed by atoms with E-state index in [9.17, 15) is 5.11 Å². The molecule has 3 rings (SSSR count). The van der Waals surface area contributed by atoms with Gasteiger partial charge in [-0.2, -0.15) is 0 Å². The molecule has 0 spiro atoms. The van der Waals surface area contributed by atoms with E-state index in [1.807, 2.05) is 6.92 Å². The number of aliphatic hydroxyl groups excluding tert-OH is 1. The molecular weight excluding hydrogens is 192 g/mol. The molecule has 1 aliphatic carbocycles. The Morgan fingerprint density at radius 1 is 1.40 bits per heavy atom. The van der Waals surface area contributed by atoms with E-state index in [0.717, 1.165) is 18.1 Å². The lowest BCUT2D eigenvalue weighted by atomic mass is 10.2. The van der Waals surface area contributed by atoms with Crippen LogP contribution in [0.4, 0.5) is 0 Å². The smallest absolute Gasteiger partial charge is 0.150 e. The lowest BCUT2D eigenvalue weighted by Gasteiger charge is -2.12. The first kappa shape index (κ1) is 9.30. The van der Waals surface area contributed by atoms with E-state index < -0.39 is 0 Å². The first-order valence-electron chi connectivity index (χ1n) is 5.58. The summed E-state index contributed by atoms with van der Waals surface area (Å²) in [6.07, 6.45) is 2.99. The van der Waals surface area contributed by atoms with E-state index in [2.05, 4.69) is 20.1 Å². The van der Waals surface area contributed by atoms with Crippen molar-refractivity contribution >= 4 is 0 Å². The Morgan fingerprint density at radius 3 is 2.80 bits per heavy atom. The fourth-order valence-electron chi connectivity index (χ4n) is 2.32. The molecule has 2 aliphatic rings. The van der Waals surface area contributed by atoms with E-state index in [4.69, 9.17) is 0 Å². The zero-order valence-corrected chi connectivity index (χ0v) is 8.85. The van der Waals surface area contributed by atoms with Gasteiger partial charge in [0.25, 0.3) is 0 Å². The highest BCUT2D eigenvalue weighted by atomic mass is 16.3. The predicted octanol–water partition coefficient (Wildman–Crippen LogP) is 0.317. The second-order valence-corrected chi connectivity index (χ2v) is 4.56. The maximum absolute atomic E-state index is 9.49. The van der Waals surface area contributed by atoms with Gasteiger partial charge >= 0.3 is 0 Å². The van der Waals surface area contributed by atoms with Crippen LogP contribution in [0.2, 0.25) is 0 Å². The number of rotatable bonds is 2. The minimum atomic E-state index is -0.236. The first-order chi connectivity index (χ1) is 7.25. The van der Waals surface area contributed by atoms with Crippen molar-refractivity contribution in [3.05, 3.63) is 11.6 Å². The van der Waals surface area contributed by atoms with Crippen molar-refractivity contribution in [2.75, 3.05) is 6.54 Å². The summed E-state index contributed by atoms with van der Waals surface area (Å²) in [4.78, 5) is 0. The van der Waals surface area contributed by atoms with Crippen LogP contribution >= 0.6 is 0 Å². The molecule has 1 saturated carbocycles. The van der Waals surface area contributed by atoms with Crippen LogP contribution in [0.1, 0.15) is 43.0 Å². The van der Waals surface area contributed by atoms with Crippen molar-refractivity contribution in [3.8, 4) is 0 Å². The molecule has 2 fully saturated rings. The molecule has 1 aliphatic heterocycles. The van der Waals surface area contributed by atoms with Crippen LogP contribution in [0.25, 0.3) is 0 Å². The zero-order chi connectivity index (χ0) is 10.4. The Balaban J connectivity index is 1.90. The summed E-state index contributed by atoms with van der Waals surface area (Å²) < 4.78 is 2.23. The highest BCUT2D eigenvalue weighted by molar-refractivity contribution is 5.07. The molecule has 0 radical (unpaired) electrons. The SMILES string of the molecule is Cc1nnc([C@H]2C[C@@H](O)CN2)n1C1CC1. The van der Waals surface area contributed by atoms with E-state index >= 15 is 0 Å². The molecule has 5 nitrogen and oxygen atoms in total. The minimum Gasteiger partial charge on any atom is -0.392 e. The van der Waals surface area contributed by atoms with Gasteiger partial charge in [0.1, 0.15) is 5.82 Å². The largest absolute Gasteiger partial charge is 0.392 e. The molecule has 15 heavy (non-hydrogen) atoms. The van der Waals surface area contributed by atoms with Gasteiger partial charge in [-0.15, -0.1) is 10.2 Å². The summed E-state index contributed by atoms with van der Waals surface area (Å²) in [6, 6.07) is 0.788. The van der Waals surface area contributed by atoms with Crippen molar-refractivity contribution in [1.82, 2.24) is 20.1 Å². The van der Waals surface area contributed by atoms with Crippen molar-refractivity contribution < 1.29 is 5.11 Å². The Bertz CT molecular complexity index is 371. The van der Waals surface area contributed by atoms with Crippen molar-refractivity contribution in [2.24, 2.45) is 0 Å². The van der Waals surface area contributed by atoms with E-state index in [-0.39, 0.29) is 12.1 Å². The molecule has 2 N–H and O–H groups in total. The zero-order valence-electron chi connectivity index (χ0n) is 8.85. The van der Waals surface area contributed by atoms with Crippen molar-refractivity contribution in [2.45, 2.75) is 44.4 Å². The number of aliphatic hydroxyl groups is 1. The van der Waals surface area contributed by atoms with Gasteiger partial charge in [-0.05, 0) is 26.2 Å². The molecule has 0 bridgehead atoms. The summed E-state index contributed by atoms with van der Waals surface area (Å²) in [5.41, 5.74) is 0. The molecule has 0 amide bonds. The Kier molecular flexibility index (Phi) is 2.03. The molecule has 2 atom stereocenters. The molecule has 1 aromatic rings. The number of hydrogen-bond donors (Lipinski definition) is 2. The Morgan fingerprint density at radius 2 is 2.20 bits per heavy atom. The highest BCUT2D eigenvalue weighted by Crippen LogP contribution is 2.38. The minimum absolute atomic E-state index is 0.182. The fraction of sp³-hybridized carbons (Fsp3) is 0.800. The lowest BCUT2D eigenvalue weighted by Crippen LogP contribution is -2.18. The normalized spacial score (nSPS) is 31.1. The molecule has 82 valence electrons. The molecule has 0 aromatic carbocycles. The summed E-state index contributed by atoms with van der Waals surface area (Å²) in [6.45, 7) is 2.67.